The number of anilines is 12. The first kappa shape index (κ1) is 70.1. The van der Waals surface area contributed by atoms with Crippen molar-refractivity contribution in [3.63, 3.8) is 0 Å². The molecule has 0 radical (unpaired) electrons. The molecular weight excluding hydrogens is 1360 g/mol. The number of hydrogen-bond donors (Lipinski definition) is 0. The van der Waals surface area contributed by atoms with Gasteiger partial charge in [0.05, 0.1) is 16.4 Å². The van der Waals surface area contributed by atoms with Crippen LogP contribution in [0.3, 0.4) is 0 Å². The molecule has 0 spiro atoms. The molecule has 0 saturated heterocycles. The van der Waals surface area contributed by atoms with Crippen LogP contribution in [0.25, 0.3) is 0 Å². The maximum absolute atomic E-state index is 7.81. The summed E-state index contributed by atoms with van der Waals surface area (Å²) >= 11 is 7.81. The second-order valence-electron chi connectivity index (χ2n) is 33.8. The molecule has 0 fully saturated rings. The maximum atomic E-state index is 7.81. The lowest BCUT2D eigenvalue weighted by atomic mass is 9.33. The minimum atomic E-state index is -2.76. The van der Waals surface area contributed by atoms with E-state index < -0.39 is 16.1 Å². The van der Waals surface area contributed by atoms with Crippen LogP contribution in [0.4, 0.5) is 68.2 Å². The average molecular weight is 1450 g/mol. The Hall–Kier alpha value is -10.9. The summed E-state index contributed by atoms with van der Waals surface area (Å²) < 4.78 is 0. The molecule has 0 amide bonds. The maximum Gasteiger partial charge on any atom is 0.252 e. The van der Waals surface area contributed by atoms with Gasteiger partial charge in [-0.2, -0.15) is 0 Å². The SMILES string of the molecule is CC(C)(C)c1ccc(N(c2ccc(C(C)(C)C)cc2)c2cccc(N3c4ccccc4[Si](c4ccccc4)(c4ccccc4)c4ccccc43)c2Cl)cc1.CC(C)(C)c1ccc(N2c3ccc(C(C)(C)C)cc3B3c4cccc5c4N(c4ccccc4[Si]5(c4ccccc4)c4ccccc4)c4cccc2c43)cc1. The molecule has 4 aliphatic heterocycles. The Balaban J connectivity index is 0.000000158. The van der Waals surface area contributed by atoms with E-state index in [1.807, 2.05) is 0 Å². The highest BCUT2D eigenvalue weighted by molar-refractivity contribution is 7.22. The van der Waals surface area contributed by atoms with E-state index in [-0.39, 0.29) is 28.4 Å². The van der Waals surface area contributed by atoms with Crippen molar-refractivity contribution >= 4 is 161 Å². The van der Waals surface area contributed by atoms with E-state index in [1.165, 1.54) is 114 Å². The summed E-state index contributed by atoms with van der Waals surface area (Å²) in [5, 5.41) is 11.8. The van der Waals surface area contributed by atoms with Crippen molar-refractivity contribution in [3.8, 4) is 0 Å². The van der Waals surface area contributed by atoms with Crippen molar-refractivity contribution in [2.45, 2.75) is 105 Å². The topological polar surface area (TPSA) is 13.0 Å². The average Bonchev–Trinajstić information content (AvgIpc) is 0.672. The lowest BCUT2D eigenvalue weighted by Gasteiger charge is -2.50. The first-order chi connectivity index (χ1) is 52.1. The summed E-state index contributed by atoms with van der Waals surface area (Å²) in [6.07, 6.45) is 0. The van der Waals surface area contributed by atoms with Crippen LogP contribution in [0.15, 0.2) is 340 Å². The number of hydrogen-bond acceptors (Lipinski definition) is 4. The fraction of sp³-hybridized carbons (Fsp3) is 0.160. The number of para-hydroxylation sites is 4. The number of halogens is 1. The lowest BCUT2D eigenvalue weighted by Crippen LogP contribution is -2.79. The minimum absolute atomic E-state index is 0.00640. The van der Waals surface area contributed by atoms with E-state index in [9.17, 15) is 0 Å². The predicted molar refractivity (Wildman–Crippen MR) is 470 cm³/mol. The number of benzene rings is 14. The van der Waals surface area contributed by atoms with Gasteiger partial charge in [0.1, 0.15) is 0 Å². The predicted octanol–water partition coefficient (Wildman–Crippen LogP) is 19.6. The van der Waals surface area contributed by atoms with Gasteiger partial charge in [0.25, 0.3) is 6.71 Å². The van der Waals surface area contributed by atoms with Gasteiger partial charge in [-0.1, -0.05) is 349 Å². The zero-order valence-electron chi connectivity index (χ0n) is 64.1. The summed E-state index contributed by atoms with van der Waals surface area (Å²) in [5.41, 5.74) is 23.6. The number of fused-ring (bicyclic) bond motifs is 8. The molecule has 0 N–H and O–H groups in total. The van der Waals surface area contributed by atoms with Gasteiger partial charge in [0.2, 0.25) is 0 Å². The molecule has 0 aromatic heterocycles. The van der Waals surface area contributed by atoms with Crippen LogP contribution in [0.5, 0.6) is 0 Å². The highest BCUT2D eigenvalue weighted by atomic mass is 35.5. The van der Waals surface area contributed by atoms with E-state index in [2.05, 4.69) is 442 Å². The van der Waals surface area contributed by atoms with Gasteiger partial charge in [-0.05, 0) is 187 Å². The summed E-state index contributed by atoms with van der Waals surface area (Å²) in [7, 11) is -5.51. The van der Waals surface area contributed by atoms with Crippen LogP contribution in [0.2, 0.25) is 5.02 Å². The second kappa shape index (κ2) is 26.8. The molecule has 4 heterocycles. The van der Waals surface area contributed by atoms with E-state index >= 15 is 0 Å². The Labute approximate surface area is 647 Å². The first-order valence-corrected chi connectivity index (χ1v) is 42.7. The smallest absolute Gasteiger partial charge is 0.252 e. The molecule has 0 unspecified atom stereocenters. The standard InChI is InChI=1S/C50H45BN2Si.C50H47ClN2Si/c1-49(2,3)34-27-30-36(31-28-34)52-41-32-29-35(50(4,5)6)33-40(41)51-39-21-15-26-46-48(39)53(44-24-16-23-43(52)47(44)51)42-22-13-14-25-45(42)54(46,37-17-9-7-10-18-37)38-19-11-8-12-20-38;1-49(2,3)36-28-32-38(33-29-36)52(39-34-30-37(31-35-39)50(4,5)6)44-24-17-25-45(48(44)51)53-42-22-13-15-26-46(42)54(40-18-9-7-10-19-40,41-20-11-8-12-21-41)47-27-16-14-23-43(47)53/h7-33H,1-6H3;7-35H,1-6H3. The quantitative estimate of drug-likeness (QED) is 0.134. The molecule has 0 aliphatic carbocycles. The summed E-state index contributed by atoms with van der Waals surface area (Å²) in [4.78, 5) is 9.86. The molecule has 14 aromatic carbocycles. The van der Waals surface area contributed by atoms with Crippen LogP contribution >= 0.6 is 11.6 Å². The molecule has 0 bridgehead atoms. The highest BCUT2D eigenvalue weighted by Crippen LogP contribution is 2.50. The molecule has 4 nitrogen and oxygen atoms in total. The molecule has 108 heavy (non-hydrogen) atoms. The molecule has 0 atom stereocenters. The van der Waals surface area contributed by atoms with Crippen LogP contribution in [-0.2, 0) is 21.7 Å². The number of rotatable bonds is 9. The van der Waals surface area contributed by atoms with E-state index in [0.717, 1.165) is 34.1 Å². The summed E-state index contributed by atoms with van der Waals surface area (Å²) in [5.74, 6) is 0. The van der Waals surface area contributed by atoms with Gasteiger partial charge < -0.3 is 19.6 Å². The first-order valence-electron chi connectivity index (χ1n) is 38.3. The molecule has 0 saturated carbocycles. The zero-order valence-corrected chi connectivity index (χ0v) is 66.8. The van der Waals surface area contributed by atoms with E-state index in [1.54, 1.807) is 0 Å². The molecule has 530 valence electrons. The molecular formula is C100H92BClN4Si2. The Morgan fingerprint density at radius 1 is 0.278 bits per heavy atom. The van der Waals surface area contributed by atoms with Crippen molar-refractivity contribution < 1.29 is 0 Å². The van der Waals surface area contributed by atoms with Crippen molar-refractivity contribution in [3.05, 3.63) is 367 Å². The monoisotopic (exact) mass is 1450 g/mol. The van der Waals surface area contributed by atoms with Gasteiger partial charge >= 0.3 is 0 Å². The Morgan fingerprint density at radius 2 is 0.620 bits per heavy atom. The minimum Gasteiger partial charge on any atom is -0.312 e. The van der Waals surface area contributed by atoms with Gasteiger partial charge in [-0.25, -0.2) is 0 Å². The van der Waals surface area contributed by atoms with Crippen molar-refractivity contribution in [1.29, 1.82) is 0 Å². The lowest BCUT2D eigenvalue weighted by molar-refractivity contribution is 0.590. The van der Waals surface area contributed by atoms with Crippen molar-refractivity contribution in [2.75, 3.05) is 19.6 Å². The van der Waals surface area contributed by atoms with Gasteiger partial charge in [0, 0.05) is 56.9 Å². The van der Waals surface area contributed by atoms with Gasteiger partial charge in [-0.15, -0.1) is 0 Å². The Bertz CT molecular complexity index is 5520. The van der Waals surface area contributed by atoms with E-state index in [4.69, 9.17) is 11.6 Å². The third-order valence-electron chi connectivity index (χ3n) is 23.2. The normalized spacial score (nSPS) is 14.2. The van der Waals surface area contributed by atoms with Crippen LogP contribution < -0.4 is 77.5 Å². The van der Waals surface area contributed by atoms with E-state index in [0.29, 0.717) is 5.02 Å². The van der Waals surface area contributed by atoms with Crippen molar-refractivity contribution in [1.82, 2.24) is 0 Å². The molecule has 18 rings (SSSR count). The third kappa shape index (κ3) is 11.4. The fourth-order valence-corrected chi connectivity index (χ4v) is 28.4. The number of nitrogens with zero attached hydrogens (tertiary/aromatic N) is 4. The highest BCUT2D eigenvalue weighted by Gasteiger charge is 2.54. The third-order valence-corrected chi connectivity index (χ3v) is 33.3. The fourth-order valence-electron chi connectivity index (χ4n) is 17.9. The van der Waals surface area contributed by atoms with Gasteiger partial charge in [-0.3, -0.25) is 0 Å². The largest absolute Gasteiger partial charge is 0.312 e. The second-order valence-corrected chi connectivity index (χ2v) is 41.6. The van der Waals surface area contributed by atoms with Crippen LogP contribution in [0, 0.1) is 0 Å². The molecule has 14 aromatic rings. The van der Waals surface area contributed by atoms with Gasteiger partial charge in [0.15, 0.2) is 16.1 Å². The van der Waals surface area contributed by atoms with Crippen LogP contribution in [-0.4, -0.2) is 22.9 Å². The molecule has 8 heteroatoms. The Morgan fingerprint density at radius 3 is 1.06 bits per heavy atom. The van der Waals surface area contributed by atoms with Crippen LogP contribution in [0.1, 0.15) is 105 Å². The Kier molecular flexibility index (Phi) is 17.4. The summed E-state index contributed by atoms with van der Waals surface area (Å²) in [6, 6.07) is 127. The summed E-state index contributed by atoms with van der Waals surface area (Å²) in [6.45, 7) is 27.5. The zero-order chi connectivity index (χ0) is 74.7. The van der Waals surface area contributed by atoms with Crippen molar-refractivity contribution in [2.24, 2.45) is 0 Å². The molecule has 4 aliphatic rings.